The van der Waals surface area contributed by atoms with Crippen LogP contribution in [-0.4, -0.2) is 11.4 Å². The van der Waals surface area contributed by atoms with Crippen molar-refractivity contribution in [3.8, 4) is 0 Å². The van der Waals surface area contributed by atoms with Gasteiger partial charge in [-0.1, -0.05) is 78.0 Å². The van der Waals surface area contributed by atoms with Gasteiger partial charge < -0.3 is 16.0 Å². The maximum Gasteiger partial charge on any atom is 0.229 e. The Morgan fingerprint density at radius 3 is 2.59 bits per heavy atom. The van der Waals surface area contributed by atoms with Crippen LogP contribution in [0, 0.1) is 0 Å². The van der Waals surface area contributed by atoms with Crippen molar-refractivity contribution in [1.29, 1.82) is 0 Å². The van der Waals surface area contributed by atoms with Crippen molar-refractivity contribution >= 4 is 40.6 Å². The normalized spacial score (nSPS) is 16.4. The van der Waals surface area contributed by atoms with Crippen molar-refractivity contribution in [3.05, 3.63) is 88.9 Å². The van der Waals surface area contributed by atoms with Crippen molar-refractivity contribution in [1.82, 2.24) is 5.32 Å². The molecule has 0 saturated heterocycles. The monoisotopic (exact) mass is 423 g/mol. The van der Waals surface area contributed by atoms with Crippen molar-refractivity contribution in [2.75, 3.05) is 4.90 Å². The molecule has 2 unspecified atom stereocenters. The molecular formula is C23H22ClN3OS. The number of carbonyl (C=O) groups is 1. The van der Waals surface area contributed by atoms with Crippen LogP contribution in [0.1, 0.15) is 24.0 Å². The van der Waals surface area contributed by atoms with Gasteiger partial charge in [0.2, 0.25) is 5.91 Å². The Kier molecular flexibility index (Phi) is 5.81. The number of benzene rings is 3. The number of anilines is 2. The first-order chi connectivity index (χ1) is 14.1. The van der Waals surface area contributed by atoms with Gasteiger partial charge in [-0.25, -0.2) is 0 Å². The number of rotatable bonds is 5. The molecule has 3 aromatic rings. The lowest BCUT2D eigenvalue weighted by Gasteiger charge is -2.30. The molecule has 0 radical (unpaired) electrons. The van der Waals surface area contributed by atoms with Crippen molar-refractivity contribution in [2.24, 2.45) is 5.73 Å². The molecule has 4 rings (SSSR count). The summed E-state index contributed by atoms with van der Waals surface area (Å²) in [6.07, 6.45) is 0. The zero-order chi connectivity index (χ0) is 20.4. The number of thioether (sulfide) groups is 1. The van der Waals surface area contributed by atoms with Gasteiger partial charge in [-0.05, 0) is 36.2 Å². The SMILES string of the molecule is CC(C(=O)NC1Sc2ccccc2N1c1c(Cl)cccc1CN)c1ccccc1. The highest BCUT2D eigenvalue weighted by Gasteiger charge is 2.35. The van der Waals surface area contributed by atoms with Crippen LogP contribution >= 0.6 is 23.4 Å². The maximum atomic E-state index is 13.1. The Morgan fingerprint density at radius 2 is 1.83 bits per heavy atom. The van der Waals surface area contributed by atoms with Gasteiger partial charge in [-0.3, -0.25) is 4.79 Å². The Hall–Kier alpha value is -2.47. The van der Waals surface area contributed by atoms with Gasteiger partial charge in [0.25, 0.3) is 0 Å². The summed E-state index contributed by atoms with van der Waals surface area (Å²) in [6, 6.07) is 23.6. The van der Waals surface area contributed by atoms with Crippen LogP contribution < -0.4 is 16.0 Å². The standard InChI is InChI=1S/C23H22ClN3OS/c1-15(16-8-3-2-4-9-16)22(28)26-23-27(19-12-5-6-13-20(19)29-23)21-17(14-25)10-7-11-18(21)24/h2-13,15,23H,14,25H2,1H3,(H,26,28). The van der Waals surface area contributed by atoms with E-state index < -0.39 is 0 Å². The third-order valence-electron chi connectivity index (χ3n) is 5.09. The smallest absolute Gasteiger partial charge is 0.229 e. The molecule has 4 nitrogen and oxygen atoms in total. The number of nitrogens with zero attached hydrogens (tertiary/aromatic N) is 1. The first-order valence-corrected chi connectivity index (χ1v) is 10.7. The van der Waals surface area contributed by atoms with E-state index in [-0.39, 0.29) is 17.3 Å². The van der Waals surface area contributed by atoms with Crippen LogP contribution in [0.4, 0.5) is 11.4 Å². The number of para-hydroxylation sites is 2. The summed E-state index contributed by atoms with van der Waals surface area (Å²) in [5.41, 5.74) is 9.46. The Bertz CT molecular complexity index is 1030. The molecule has 0 aliphatic carbocycles. The number of nitrogens with one attached hydrogen (secondary N) is 1. The summed E-state index contributed by atoms with van der Waals surface area (Å²) in [7, 11) is 0. The molecule has 0 saturated carbocycles. The van der Waals surface area contributed by atoms with Gasteiger partial charge in [0.15, 0.2) is 5.50 Å². The number of nitrogens with two attached hydrogens (primary N) is 1. The second-order valence-corrected chi connectivity index (χ2v) is 8.43. The number of hydrogen-bond acceptors (Lipinski definition) is 4. The lowest BCUT2D eigenvalue weighted by Crippen LogP contribution is -2.43. The fourth-order valence-electron chi connectivity index (χ4n) is 3.52. The molecule has 0 bridgehead atoms. The highest BCUT2D eigenvalue weighted by Crippen LogP contribution is 2.49. The van der Waals surface area contributed by atoms with Gasteiger partial charge in [0.05, 0.1) is 22.3 Å². The second-order valence-electron chi connectivity index (χ2n) is 6.90. The van der Waals surface area contributed by atoms with Crippen LogP contribution in [0.5, 0.6) is 0 Å². The average Bonchev–Trinajstić information content (AvgIpc) is 3.11. The molecular weight excluding hydrogens is 402 g/mol. The van der Waals surface area contributed by atoms with Crippen molar-refractivity contribution in [2.45, 2.75) is 29.8 Å². The summed E-state index contributed by atoms with van der Waals surface area (Å²) < 4.78 is 0. The molecule has 1 aliphatic rings. The molecule has 1 aliphatic heterocycles. The minimum atomic E-state index is -0.309. The molecule has 3 aromatic carbocycles. The van der Waals surface area contributed by atoms with Crippen molar-refractivity contribution < 1.29 is 4.79 Å². The fourth-order valence-corrected chi connectivity index (χ4v) is 4.99. The van der Waals surface area contributed by atoms with Crippen molar-refractivity contribution in [3.63, 3.8) is 0 Å². The molecule has 29 heavy (non-hydrogen) atoms. The molecule has 1 heterocycles. The predicted octanol–water partition coefficient (Wildman–Crippen LogP) is 5.25. The highest BCUT2D eigenvalue weighted by atomic mass is 35.5. The Morgan fingerprint density at radius 1 is 1.10 bits per heavy atom. The third-order valence-corrected chi connectivity index (χ3v) is 6.54. The van der Waals surface area contributed by atoms with Crippen LogP contribution in [0.15, 0.2) is 77.7 Å². The quantitative estimate of drug-likeness (QED) is 0.588. The largest absolute Gasteiger partial charge is 0.326 e. The van der Waals surface area contributed by atoms with Gasteiger partial charge in [0, 0.05) is 11.4 Å². The van der Waals surface area contributed by atoms with Crippen LogP contribution in [-0.2, 0) is 11.3 Å². The third kappa shape index (κ3) is 3.86. The number of hydrogen-bond donors (Lipinski definition) is 2. The molecule has 148 valence electrons. The second kappa shape index (κ2) is 8.49. The zero-order valence-corrected chi connectivity index (χ0v) is 17.6. The molecule has 0 fully saturated rings. The molecule has 3 N–H and O–H groups in total. The summed E-state index contributed by atoms with van der Waals surface area (Å²) in [5, 5.41) is 3.81. The summed E-state index contributed by atoms with van der Waals surface area (Å²) in [5.74, 6) is -0.296. The first-order valence-electron chi connectivity index (χ1n) is 9.48. The zero-order valence-electron chi connectivity index (χ0n) is 16.0. The number of halogens is 1. The van der Waals surface area contributed by atoms with E-state index in [1.54, 1.807) is 11.8 Å². The predicted molar refractivity (Wildman–Crippen MR) is 121 cm³/mol. The minimum absolute atomic E-state index is 0.0344. The van der Waals surface area contributed by atoms with Gasteiger partial charge >= 0.3 is 0 Å². The van der Waals surface area contributed by atoms with E-state index in [0.717, 1.165) is 27.4 Å². The van der Waals surface area contributed by atoms with E-state index in [1.165, 1.54) is 0 Å². The summed E-state index contributed by atoms with van der Waals surface area (Å²) in [4.78, 5) is 16.2. The highest BCUT2D eigenvalue weighted by molar-refractivity contribution is 8.00. The van der Waals surface area contributed by atoms with Gasteiger partial charge in [-0.15, -0.1) is 0 Å². The summed E-state index contributed by atoms with van der Waals surface area (Å²) >= 11 is 8.20. The van der Waals surface area contributed by atoms with Gasteiger partial charge in [-0.2, -0.15) is 0 Å². The Balaban J connectivity index is 1.69. The van der Waals surface area contributed by atoms with E-state index >= 15 is 0 Å². The minimum Gasteiger partial charge on any atom is -0.326 e. The fraction of sp³-hybridized carbons (Fsp3) is 0.174. The van der Waals surface area contributed by atoms with E-state index in [4.69, 9.17) is 17.3 Å². The van der Waals surface area contributed by atoms with E-state index in [1.807, 2.05) is 73.7 Å². The van der Waals surface area contributed by atoms with Crippen LogP contribution in [0.3, 0.4) is 0 Å². The molecule has 6 heteroatoms. The van der Waals surface area contributed by atoms with Crippen LogP contribution in [0.2, 0.25) is 5.02 Å². The molecule has 1 amide bonds. The number of amides is 1. The molecule has 0 spiro atoms. The Labute approximate surface area is 180 Å². The van der Waals surface area contributed by atoms with E-state index in [9.17, 15) is 4.79 Å². The van der Waals surface area contributed by atoms with E-state index in [0.29, 0.717) is 11.6 Å². The molecule has 2 atom stereocenters. The molecule has 0 aromatic heterocycles. The van der Waals surface area contributed by atoms with Gasteiger partial charge in [0.1, 0.15) is 0 Å². The van der Waals surface area contributed by atoms with E-state index in [2.05, 4.69) is 16.3 Å². The first kappa shape index (κ1) is 19.8. The number of fused-ring (bicyclic) bond motifs is 1. The average molecular weight is 424 g/mol. The number of carbonyl (C=O) groups excluding carboxylic acids is 1. The topological polar surface area (TPSA) is 58.4 Å². The maximum absolute atomic E-state index is 13.1. The lowest BCUT2D eigenvalue weighted by molar-refractivity contribution is -0.122. The summed E-state index contributed by atoms with van der Waals surface area (Å²) in [6.45, 7) is 2.28. The lowest BCUT2D eigenvalue weighted by atomic mass is 10.0. The van der Waals surface area contributed by atoms with Crippen LogP contribution in [0.25, 0.3) is 0 Å².